The van der Waals surface area contributed by atoms with Crippen molar-refractivity contribution in [3.63, 3.8) is 0 Å². The molecule has 1 N–H and O–H groups in total. The molecule has 0 amide bonds. The lowest BCUT2D eigenvalue weighted by atomic mass is 10.1. The maximum absolute atomic E-state index is 5.21. The second kappa shape index (κ2) is 4.99. The van der Waals surface area contributed by atoms with E-state index in [4.69, 9.17) is 4.52 Å². The van der Waals surface area contributed by atoms with Gasteiger partial charge in [0.15, 0.2) is 5.82 Å². The molecule has 1 atom stereocenters. The first kappa shape index (κ1) is 11.6. The second-order valence-corrected chi connectivity index (χ2v) is 4.15. The van der Waals surface area contributed by atoms with E-state index in [9.17, 15) is 0 Å². The van der Waals surface area contributed by atoms with Crippen LogP contribution >= 0.6 is 0 Å². The number of hydrogen-bond donors (Lipinski definition) is 1. The SMILES string of the molecule is CCC(C)Nc1ccccc1-c1nc(C)no1. The molecule has 1 aromatic heterocycles. The summed E-state index contributed by atoms with van der Waals surface area (Å²) in [5.74, 6) is 1.22. The lowest BCUT2D eigenvalue weighted by molar-refractivity contribution is 0.425. The van der Waals surface area contributed by atoms with Crippen molar-refractivity contribution in [2.75, 3.05) is 5.32 Å². The summed E-state index contributed by atoms with van der Waals surface area (Å²) >= 11 is 0. The van der Waals surface area contributed by atoms with Crippen molar-refractivity contribution in [3.8, 4) is 11.5 Å². The van der Waals surface area contributed by atoms with E-state index < -0.39 is 0 Å². The van der Waals surface area contributed by atoms with Gasteiger partial charge < -0.3 is 9.84 Å². The number of nitrogens with zero attached hydrogens (tertiary/aromatic N) is 2. The molecule has 0 spiro atoms. The topological polar surface area (TPSA) is 51.0 Å². The van der Waals surface area contributed by atoms with Crippen molar-refractivity contribution >= 4 is 5.69 Å². The van der Waals surface area contributed by atoms with Gasteiger partial charge in [0, 0.05) is 11.7 Å². The summed E-state index contributed by atoms with van der Waals surface area (Å²) < 4.78 is 5.21. The fourth-order valence-electron chi connectivity index (χ4n) is 1.57. The minimum absolute atomic E-state index is 0.417. The zero-order valence-corrected chi connectivity index (χ0v) is 10.4. The van der Waals surface area contributed by atoms with Crippen LogP contribution in [0.5, 0.6) is 0 Å². The molecule has 0 aliphatic carbocycles. The molecule has 1 aromatic carbocycles. The predicted molar refractivity (Wildman–Crippen MR) is 67.8 cm³/mol. The third-order valence-electron chi connectivity index (χ3n) is 2.70. The van der Waals surface area contributed by atoms with Crippen LogP contribution in [0, 0.1) is 6.92 Å². The van der Waals surface area contributed by atoms with Crippen LogP contribution < -0.4 is 5.32 Å². The maximum atomic E-state index is 5.21. The van der Waals surface area contributed by atoms with E-state index in [0.29, 0.717) is 17.8 Å². The Labute approximate surface area is 101 Å². The largest absolute Gasteiger partial charge is 0.382 e. The number of rotatable bonds is 4. The first-order chi connectivity index (χ1) is 8.20. The van der Waals surface area contributed by atoms with Crippen molar-refractivity contribution in [3.05, 3.63) is 30.1 Å². The van der Waals surface area contributed by atoms with Crippen molar-refractivity contribution in [1.82, 2.24) is 10.1 Å². The van der Waals surface area contributed by atoms with E-state index in [1.165, 1.54) is 0 Å². The molecule has 4 heteroatoms. The van der Waals surface area contributed by atoms with E-state index >= 15 is 0 Å². The Balaban J connectivity index is 2.33. The summed E-state index contributed by atoms with van der Waals surface area (Å²) in [5.41, 5.74) is 1.99. The Bertz CT molecular complexity index is 493. The van der Waals surface area contributed by atoms with Gasteiger partial charge in [-0.15, -0.1) is 0 Å². The molecule has 1 unspecified atom stereocenters. The van der Waals surface area contributed by atoms with E-state index in [-0.39, 0.29) is 0 Å². The molecular formula is C13H17N3O. The molecule has 0 saturated heterocycles. The smallest absolute Gasteiger partial charge is 0.260 e. The highest BCUT2D eigenvalue weighted by Gasteiger charge is 2.11. The Morgan fingerprint density at radius 3 is 2.76 bits per heavy atom. The van der Waals surface area contributed by atoms with E-state index in [0.717, 1.165) is 17.7 Å². The Kier molecular flexibility index (Phi) is 3.42. The number of anilines is 1. The molecule has 0 bridgehead atoms. The molecule has 4 nitrogen and oxygen atoms in total. The number of benzene rings is 1. The highest BCUT2D eigenvalue weighted by Crippen LogP contribution is 2.26. The summed E-state index contributed by atoms with van der Waals surface area (Å²) in [6.45, 7) is 6.12. The van der Waals surface area contributed by atoms with Crippen LogP contribution in [0.1, 0.15) is 26.1 Å². The van der Waals surface area contributed by atoms with Gasteiger partial charge in [0.05, 0.1) is 5.56 Å². The number of aryl methyl sites for hydroxylation is 1. The summed E-state index contributed by atoms with van der Waals surface area (Å²) in [5, 5.41) is 7.26. The van der Waals surface area contributed by atoms with Gasteiger partial charge in [-0.3, -0.25) is 0 Å². The third kappa shape index (κ3) is 2.64. The van der Waals surface area contributed by atoms with Gasteiger partial charge in [-0.2, -0.15) is 4.98 Å². The fourth-order valence-corrected chi connectivity index (χ4v) is 1.57. The lowest BCUT2D eigenvalue weighted by Crippen LogP contribution is -2.13. The van der Waals surface area contributed by atoms with Crippen molar-refractivity contribution in [1.29, 1.82) is 0 Å². The molecule has 0 fully saturated rings. The summed E-state index contributed by atoms with van der Waals surface area (Å²) in [6.07, 6.45) is 1.07. The molecule has 90 valence electrons. The van der Waals surface area contributed by atoms with Gasteiger partial charge in [-0.1, -0.05) is 24.2 Å². The maximum Gasteiger partial charge on any atom is 0.260 e. The van der Waals surface area contributed by atoms with Crippen LogP contribution in [0.25, 0.3) is 11.5 Å². The average molecular weight is 231 g/mol. The highest BCUT2D eigenvalue weighted by molar-refractivity contribution is 5.72. The first-order valence-electron chi connectivity index (χ1n) is 5.87. The highest BCUT2D eigenvalue weighted by atomic mass is 16.5. The van der Waals surface area contributed by atoms with Gasteiger partial charge in [-0.25, -0.2) is 0 Å². The van der Waals surface area contributed by atoms with E-state index in [1.54, 1.807) is 0 Å². The molecule has 17 heavy (non-hydrogen) atoms. The van der Waals surface area contributed by atoms with Crippen LogP contribution in [0.4, 0.5) is 5.69 Å². The quantitative estimate of drug-likeness (QED) is 0.877. The van der Waals surface area contributed by atoms with E-state index in [2.05, 4.69) is 29.3 Å². The summed E-state index contributed by atoms with van der Waals surface area (Å²) in [7, 11) is 0. The molecule has 2 rings (SSSR count). The third-order valence-corrected chi connectivity index (χ3v) is 2.70. The van der Waals surface area contributed by atoms with Crippen molar-refractivity contribution in [2.45, 2.75) is 33.2 Å². The number of hydrogen-bond acceptors (Lipinski definition) is 4. The predicted octanol–water partition coefficient (Wildman–Crippen LogP) is 3.26. The van der Waals surface area contributed by atoms with Crippen LogP contribution in [0.3, 0.4) is 0 Å². The number of para-hydroxylation sites is 1. The van der Waals surface area contributed by atoms with Crippen LogP contribution in [0.15, 0.2) is 28.8 Å². The second-order valence-electron chi connectivity index (χ2n) is 4.15. The Morgan fingerprint density at radius 2 is 2.12 bits per heavy atom. The summed E-state index contributed by atoms with van der Waals surface area (Å²) in [6, 6.07) is 8.40. The first-order valence-corrected chi connectivity index (χ1v) is 5.87. The average Bonchev–Trinajstić information content (AvgIpc) is 2.76. The minimum Gasteiger partial charge on any atom is -0.382 e. The molecule has 0 saturated carbocycles. The van der Waals surface area contributed by atoms with E-state index in [1.807, 2.05) is 31.2 Å². The normalized spacial score (nSPS) is 12.4. The lowest BCUT2D eigenvalue weighted by Gasteiger charge is -2.14. The van der Waals surface area contributed by atoms with Gasteiger partial charge in [0.2, 0.25) is 0 Å². The van der Waals surface area contributed by atoms with Gasteiger partial charge in [0.25, 0.3) is 5.89 Å². The van der Waals surface area contributed by atoms with Gasteiger partial charge in [-0.05, 0) is 32.4 Å². The molecule has 1 heterocycles. The molecule has 0 radical (unpaired) electrons. The monoisotopic (exact) mass is 231 g/mol. The molecule has 0 aliphatic heterocycles. The zero-order valence-electron chi connectivity index (χ0n) is 10.4. The van der Waals surface area contributed by atoms with Crippen LogP contribution in [0.2, 0.25) is 0 Å². The van der Waals surface area contributed by atoms with Crippen LogP contribution in [-0.4, -0.2) is 16.2 Å². The minimum atomic E-state index is 0.417. The zero-order chi connectivity index (χ0) is 12.3. The van der Waals surface area contributed by atoms with Crippen LogP contribution in [-0.2, 0) is 0 Å². The van der Waals surface area contributed by atoms with Crippen molar-refractivity contribution < 1.29 is 4.52 Å². The number of aromatic nitrogens is 2. The molecular weight excluding hydrogens is 214 g/mol. The van der Waals surface area contributed by atoms with Gasteiger partial charge in [0.1, 0.15) is 0 Å². The summed E-state index contributed by atoms with van der Waals surface area (Å²) in [4.78, 5) is 4.26. The Hall–Kier alpha value is -1.84. The molecule has 2 aromatic rings. The van der Waals surface area contributed by atoms with Gasteiger partial charge >= 0.3 is 0 Å². The number of nitrogens with one attached hydrogen (secondary N) is 1. The van der Waals surface area contributed by atoms with Crippen molar-refractivity contribution in [2.24, 2.45) is 0 Å². The standard InChI is InChI=1S/C13H17N3O/c1-4-9(2)14-12-8-6-5-7-11(12)13-15-10(3)16-17-13/h5-9,14H,4H2,1-3H3. The Morgan fingerprint density at radius 1 is 1.35 bits per heavy atom. The molecule has 0 aliphatic rings. The fraction of sp³-hybridized carbons (Fsp3) is 0.385.